The zero-order valence-electron chi connectivity index (χ0n) is 20.2. The van der Waals surface area contributed by atoms with Crippen molar-refractivity contribution in [3.05, 3.63) is 54.2 Å². The molecule has 4 heterocycles. The van der Waals surface area contributed by atoms with Crippen molar-refractivity contribution >= 4 is 16.6 Å². The van der Waals surface area contributed by atoms with Crippen LogP contribution in [-0.4, -0.2) is 60.4 Å². The zero-order chi connectivity index (χ0) is 24.1. The summed E-state index contributed by atoms with van der Waals surface area (Å²) in [6.45, 7) is 9.80. The topological polar surface area (TPSA) is 102 Å². The number of nitrogens with zero attached hydrogens (tertiary/aromatic N) is 5. The van der Waals surface area contributed by atoms with E-state index in [0.717, 1.165) is 36.1 Å². The van der Waals surface area contributed by atoms with Crippen LogP contribution in [0.25, 0.3) is 28.1 Å². The molecule has 8 nitrogen and oxygen atoms in total. The van der Waals surface area contributed by atoms with E-state index in [1.54, 1.807) is 13.8 Å². The third-order valence-electron chi connectivity index (χ3n) is 6.48. The van der Waals surface area contributed by atoms with Gasteiger partial charge in [-0.2, -0.15) is 0 Å². The van der Waals surface area contributed by atoms with Gasteiger partial charge >= 0.3 is 0 Å². The number of hydrogen-bond donors (Lipinski definition) is 2. The van der Waals surface area contributed by atoms with Crippen LogP contribution in [0.4, 0.5) is 0 Å². The maximum Gasteiger partial charge on any atom is 0.187 e. The maximum absolute atomic E-state index is 10.1. The van der Waals surface area contributed by atoms with E-state index in [2.05, 4.69) is 41.2 Å². The van der Waals surface area contributed by atoms with Crippen LogP contribution < -0.4 is 10.5 Å². The largest absolute Gasteiger partial charge is 0.488 e. The van der Waals surface area contributed by atoms with Gasteiger partial charge in [0, 0.05) is 36.3 Å². The SMILES string of the molecule is C[C@@H](c1ccc2nnc(-c3ccc4cccc(OCC(C)(C)O)c4n3)n2c1)N1CC[C@@](C)(N)C1. The summed E-state index contributed by atoms with van der Waals surface area (Å²) in [5, 5.41) is 19.8. The van der Waals surface area contributed by atoms with E-state index in [0.29, 0.717) is 17.3 Å². The summed E-state index contributed by atoms with van der Waals surface area (Å²) in [6, 6.07) is 14.1. The van der Waals surface area contributed by atoms with Gasteiger partial charge in [-0.05, 0) is 57.9 Å². The number of nitrogens with two attached hydrogens (primary N) is 1. The van der Waals surface area contributed by atoms with Crippen molar-refractivity contribution in [1.29, 1.82) is 0 Å². The van der Waals surface area contributed by atoms with Crippen LogP contribution in [0.5, 0.6) is 5.75 Å². The van der Waals surface area contributed by atoms with Gasteiger partial charge in [0.1, 0.15) is 23.6 Å². The van der Waals surface area contributed by atoms with E-state index in [-0.39, 0.29) is 18.2 Å². The number of rotatable bonds is 6. The number of pyridine rings is 2. The average molecular weight is 461 g/mol. The maximum atomic E-state index is 10.1. The van der Waals surface area contributed by atoms with Gasteiger partial charge in [0.15, 0.2) is 11.5 Å². The molecule has 1 fully saturated rings. The lowest BCUT2D eigenvalue weighted by atomic mass is 10.0. The summed E-state index contributed by atoms with van der Waals surface area (Å²) in [5.74, 6) is 1.30. The van der Waals surface area contributed by atoms with Gasteiger partial charge in [0.25, 0.3) is 0 Å². The summed E-state index contributed by atoms with van der Waals surface area (Å²) in [4.78, 5) is 7.30. The molecule has 4 aromatic rings. The Bertz CT molecular complexity index is 1340. The van der Waals surface area contributed by atoms with Crippen molar-refractivity contribution in [2.45, 2.75) is 51.3 Å². The Balaban J connectivity index is 1.51. The fourth-order valence-corrected chi connectivity index (χ4v) is 4.51. The molecule has 3 aromatic heterocycles. The van der Waals surface area contributed by atoms with Crippen molar-refractivity contribution in [2.75, 3.05) is 19.7 Å². The second kappa shape index (κ2) is 8.30. The molecule has 2 atom stereocenters. The summed E-state index contributed by atoms with van der Waals surface area (Å²) < 4.78 is 7.89. The Morgan fingerprint density at radius 1 is 1.18 bits per heavy atom. The first kappa shape index (κ1) is 22.7. The molecule has 0 spiro atoms. The molecule has 1 aromatic carbocycles. The van der Waals surface area contributed by atoms with E-state index >= 15 is 0 Å². The van der Waals surface area contributed by atoms with Crippen LogP contribution in [0, 0.1) is 0 Å². The van der Waals surface area contributed by atoms with Gasteiger partial charge in [-0.1, -0.05) is 24.3 Å². The number of fused-ring (bicyclic) bond motifs is 2. The Labute approximate surface area is 199 Å². The lowest BCUT2D eigenvalue weighted by molar-refractivity contribution is 0.0290. The Hall–Kier alpha value is -3.07. The van der Waals surface area contributed by atoms with E-state index in [4.69, 9.17) is 15.5 Å². The van der Waals surface area contributed by atoms with Crippen molar-refractivity contribution in [2.24, 2.45) is 5.73 Å². The lowest BCUT2D eigenvalue weighted by Crippen LogP contribution is -2.39. The molecule has 0 radical (unpaired) electrons. The number of para-hydroxylation sites is 1. The normalized spacial score (nSPS) is 20.3. The Morgan fingerprint density at radius 3 is 2.74 bits per heavy atom. The molecule has 0 amide bonds. The molecule has 178 valence electrons. The summed E-state index contributed by atoms with van der Waals surface area (Å²) in [6.07, 6.45) is 3.10. The standard InChI is InChI=1S/C26H32N6O2/c1-17(31-13-12-26(4,27)15-31)19-9-11-22-29-30-24(32(22)14-19)20-10-8-18-6-5-7-21(23(18)28-20)34-16-25(2,3)33/h5-11,14,17,33H,12-13,15-16,27H2,1-4H3/t17-,26+/m0/s1. The van der Waals surface area contributed by atoms with Crippen LogP contribution >= 0.6 is 0 Å². The highest BCUT2D eigenvalue weighted by Gasteiger charge is 2.32. The first-order valence-corrected chi connectivity index (χ1v) is 11.7. The predicted molar refractivity (Wildman–Crippen MR) is 133 cm³/mol. The van der Waals surface area contributed by atoms with E-state index < -0.39 is 5.60 Å². The zero-order valence-corrected chi connectivity index (χ0v) is 20.2. The second-order valence-corrected chi connectivity index (χ2v) is 10.4. The molecule has 0 aliphatic carbocycles. The second-order valence-electron chi connectivity index (χ2n) is 10.4. The van der Waals surface area contributed by atoms with Gasteiger partial charge in [-0.3, -0.25) is 9.30 Å². The molecule has 0 unspecified atom stereocenters. The van der Waals surface area contributed by atoms with Gasteiger partial charge < -0.3 is 15.6 Å². The quantitative estimate of drug-likeness (QED) is 0.453. The van der Waals surface area contributed by atoms with Crippen molar-refractivity contribution in [1.82, 2.24) is 24.5 Å². The van der Waals surface area contributed by atoms with Gasteiger partial charge in [0.05, 0.1) is 5.60 Å². The van der Waals surface area contributed by atoms with Crippen LogP contribution in [0.2, 0.25) is 0 Å². The number of aliphatic hydroxyl groups is 1. The summed E-state index contributed by atoms with van der Waals surface area (Å²) in [7, 11) is 0. The number of aromatic nitrogens is 4. The van der Waals surface area contributed by atoms with Crippen LogP contribution in [0.3, 0.4) is 0 Å². The van der Waals surface area contributed by atoms with E-state index in [1.807, 2.05) is 40.8 Å². The first-order chi connectivity index (χ1) is 16.1. The molecule has 0 saturated carbocycles. The minimum atomic E-state index is -0.938. The fraction of sp³-hybridized carbons (Fsp3) is 0.423. The van der Waals surface area contributed by atoms with E-state index in [9.17, 15) is 5.11 Å². The lowest BCUT2D eigenvalue weighted by Gasteiger charge is -2.26. The molecule has 8 heteroatoms. The highest BCUT2D eigenvalue weighted by Crippen LogP contribution is 2.30. The van der Waals surface area contributed by atoms with Crippen molar-refractivity contribution in [3.8, 4) is 17.3 Å². The Morgan fingerprint density at radius 2 is 2.00 bits per heavy atom. The molecule has 3 N–H and O–H groups in total. The highest BCUT2D eigenvalue weighted by atomic mass is 16.5. The van der Waals surface area contributed by atoms with Crippen molar-refractivity contribution in [3.63, 3.8) is 0 Å². The monoisotopic (exact) mass is 460 g/mol. The van der Waals surface area contributed by atoms with Gasteiger partial charge in [0.2, 0.25) is 0 Å². The van der Waals surface area contributed by atoms with Crippen LogP contribution in [0.15, 0.2) is 48.7 Å². The third kappa shape index (κ3) is 4.49. The van der Waals surface area contributed by atoms with Gasteiger partial charge in [-0.25, -0.2) is 4.98 Å². The average Bonchev–Trinajstić information content (AvgIpc) is 3.38. The molecule has 1 aliphatic rings. The molecule has 1 aliphatic heterocycles. The number of hydrogen-bond acceptors (Lipinski definition) is 7. The smallest absolute Gasteiger partial charge is 0.187 e. The molecule has 1 saturated heterocycles. The third-order valence-corrected chi connectivity index (χ3v) is 6.48. The minimum Gasteiger partial charge on any atom is -0.488 e. The molecular weight excluding hydrogens is 428 g/mol. The molecular formula is C26H32N6O2. The number of ether oxygens (including phenoxy) is 1. The first-order valence-electron chi connectivity index (χ1n) is 11.7. The minimum absolute atomic E-state index is 0.139. The summed E-state index contributed by atoms with van der Waals surface area (Å²) >= 11 is 0. The molecule has 5 rings (SSSR count). The summed E-state index contributed by atoms with van der Waals surface area (Å²) in [5.41, 5.74) is 8.67. The molecule has 0 bridgehead atoms. The Kier molecular flexibility index (Phi) is 5.55. The van der Waals surface area contributed by atoms with Crippen molar-refractivity contribution < 1.29 is 9.84 Å². The fourth-order valence-electron chi connectivity index (χ4n) is 4.51. The molecule has 34 heavy (non-hydrogen) atoms. The number of likely N-dealkylation sites (tertiary alicyclic amines) is 1. The number of benzene rings is 1. The highest BCUT2D eigenvalue weighted by molar-refractivity contribution is 5.86. The predicted octanol–water partition coefficient (Wildman–Crippen LogP) is 3.58. The van der Waals surface area contributed by atoms with Crippen LogP contribution in [-0.2, 0) is 0 Å². The van der Waals surface area contributed by atoms with Gasteiger partial charge in [-0.15, -0.1) is 10.2 Å². The van der Waals surface area contributed by atoms with E-state index in [1.165, 1.54) is 5.56 Å². The van der Waals surface area contributed by atoms with Crippen LogP contribution in [0.1, 0.15) is 45.7 Å².